The van der Waals surface area contributed by atoms with Crippen LogP contribution in [0, 0.1) is 0 Å². The summed E-state index contributed by atoms with van der Waals surface area (Å²) in [5.74, 6) is 0. The zero-order chi connectivity index (χ0) is 12.3. The van der Waals surface area contributed by atoms with Gasteiger partial charge in [0.15, 0.2) is 0 Å². The van der Waals surface area contributed by atoms with Gasteiger partial charge in [0, 0.05) is 30.7 Å². The van der Waals surface area contributed by atoms with Gasteiger partial charge >= 0.3 is 0 Å². The standard InChI is InChI=1S/C13H19ClN2O/c1-10-8-16(6-5-15-10)13(9-17)11-3-2-4-12(14)7-11/h2-4,7,10,13,15,17H,5-6,8-9H2,1H3. The Morgan fingerprint density at radius 2 is 2.41 bits per heavy atom. The van der Waals surface area contributed by atoms with Gasteiger partial charge < -0.3 is 10.4 Å². The molecule has 0 saturated carbocycles. The van der Waals surface area contributed by atoms with Crippen LogP contribution in [0.5, 0.6) is 0 Å². The quantitative estimate of drug-likeness (QED) is 0.861. The Hall–Kier alpha value is -0.610. The van der Waals surface area contributed by atoms with Crippen molar-refractivity contribution in [3.63, 3.8) is 0 Å². The fraction of sp³-hybridized carbons (Fsp3) is 0.538. The van der Waals surface area contributed by atoms with Crippen molar-refractivity contribution in [3.8, 4) is 0 Å². The predicted octanol–water partition coefficient (Wildman–Crippen LogP) is 1.67. The third-order valence-electron chi connectivity index (χ3n) is 3.25. The average molecular weight is 255 g/mol. The van der Waals surface area contributed by atoms with Crippen LogP contribution in [0.2, 0.25) is 5.02 Å². The summed E-state index contributed by atoms with van der Waals surface area (Å²) in [5, 5.41) is 13.7. The number of piperazine rings is 1. The van der Waals surface area contributed by atoms with Gasteiger partial charge in [-0.15, -0.1) is 0 Å². The van der Waals surface area contributed by atoms with E-state index in [1.54, 1.807) is 0 Å². The number of aliphatic hydroxyl groups excluding tert-OH is 1. The Bertz CT molecular complexity index is 372. The molecule has 1 aromatic carbocycles. The summed E-state index contributed by atoms with van der Waals surface area (Å²) in [5.41, 5.74) is 1.09. The number of benzene rings is 1. The van der Waals surface area contributed by atoms with Crippen LogP contribution in [0.1, 0.15) is 18.5 Å². The molecule has 1 fully saturated rings. The van der Waals surface area contributed by atoms with Gasteiger partial charge in [0.2, 0.25) is 0 Å². The van der Waals surface area contributed by atoms with Crippen molar-refractivity contribution in [1.82, 2.24) is 10.2 Å². The lowest BCUT2D eigenvalue weighted by atomic mass is 10.0. The lowest BCUT2D eigenvalue weighted by Crippen LogP contribution is -2.50. The van der Waals surface area contributed by atoms with E-state index in [1.165, 1.54) is 0 Å². The van der Waals surface area contributed by atoms with E-state index < -0.39 is 0 Å². The van der Waals surface area contributed by atoms with Crippen LogP contribution in [0.25, 0.3) is 0 Å². The van der Waals surface area contributed by atoms with E-state index in [-0.39, 0.29) is 12.6 Å². The Morgan fingerprint density at radius 1 is 1.59 bits per heavy atom. The topological polar surface area (TPSA) is 35.5 Å². The van der Waals surface area contributed by atoms with E-state index in [4.69, 9.17) is 11.6 Å². The molecule has 1 aliphatic rings. The maximum atomic E-state index is 9.60. The van der Waals surface area contributed by atoms with Crippen molar-refractivity contribution in [2.45, 2.75) is 19.0 Å². The number of nitrogens with one attached hydrogen (secondary N) is 1. The van der Waals surface area contributed by atoms with Gasteiger partial charge in [0.05, 0.1) is 12.6 Å². The molecule has 17 heavy (non-hydrogen) atoms. The molecule has 94 valence electrons. The average Bonchev–Trinajstić information content (AvgIpc) is 2.30. The van der Waals surface area contributed by atoms with Gasteiger partial charge in [-0.2, -0.15) is 0 Å². The monoisotopic (exact) mass is 254 g/mol. The Kier molecular flexibility index (Phi) is 4.40. The second-order valence-electron chi connectivity index (χ2n) is 4.60. The zero-order valence-electron chi connectivity index (χ0n) is 10.1. The molecule has 1 aromatic rings. The molecule has 1 heterocycles. The highest BCUT2D eigenvalue weighted by Crippen LogP contribution is 2.23. The second-order valence-corrected chi connectivity index (χ2v) is 5.04. The first kappa shape index (κ1) is 12.8. The van der Waals surface area contributed by atoms with Crippen LogP contribution < -0.4 is 5.32 Å². The summed E-state index contributed by atoms with van der Waals surface area (Å²) >= 11 is 6.00. The van der Waals surface area contributed by atoms with Gasteiger partial charge in [0.1, 0.15) is 0 Å². The van der Waals surface area contributed by atoms with Crippen molar-refractivity contribution in [3.05, 3.63) is 34.9 Å². The molecule has 4 heteroatoms. The van der Waals surface area contributed by atoms with Crippen molar-refractivity contribution < 1.29 is 5.11 Å². The second kappa shape index (κ2) is 5.83. The van der Waals surface area contributed by atoms with Gasteiger partial charge in [-0.05, 0) is 24.6 Å². The Labute approximate surface area is 107 Å². The molecule has 0 aromatic heterocycles. The minimum absolute atomic E-state index is 0.0539. The third-order valence-corrected chi connectivity index (χ3v) is 3.48. The SMILES string of the molecule is CC1CN(C(CO)c2cccc(Cl)c2)CCN1. The number of hydrogen-bond acceptors (Lipinski definition) is 3. The molecule has 3 nitrogen and oxygen atoms in total. The molecular formula is C13H19ClN2O. The number of halogens is 1. The fourth-order valence-corrected chi connectivity index (χ4v) is 2.59. The molecule has 0 spiro atoms. The van der Waals surface area contributed by atoms with Crippen LogP contribution in [0.4, 0.5) is 0 Å². The summed E-state index contributed by atoms with van der Waals surface area (Å²) in [7, 11) is 0. The molecular weight excluding hydrogens is 236 g/mol. The predicted molar refractivity (Wildman–Crippen MR) is 70.3 cm³/mol. The van der Waals surface area contributed by atoms with Crippen molar-refractivity contribution in [2.24, 2.45) is 0 Å². The highest BCUT2D eigenvalue weighted by molar-refractivity contribution is 6.30. The third kappa shape index (κ3) is 3.19. The molecule has 0 radical (unpaired) electrons. The fourth-order valence-electron chi connectivity index (χ4n) is 2.39. The molecule has 1 saturated heterocycles. The maximum Gasteiger partial charge on any atom is 0.0628 e. The van der Waals surface area contributed by atoms with E-state index in [2.05, 4.69) is 17.1 Å². The van der Waals surface area contributed by atoms with E-state index in [9.17, 15) is 5.11 Å². The molecule has 0 aliphatic carbocycles. The summed E-state index contributed by atoms with van der Waals surface area (Å²) < 4.78 is 0. The van der Waals surface area contributed by atoms with E-state index in [0.29, 0.717) is 6.04 Å². The molecule has 1 aliphatic heterocycles. The summed E-state index contributed by atoms with van der Waals surface area (Å²) in [6.07, 6.45) is 0. The molecule has 2 rings (SSSR count). The van der Waals surface area contributed by atoms with Gasteiger partial charge in [-0.1, -0.05) is 23.7 Å². The lowest BCUT2D eigenvalue weighted by Gasteiger charge is -2.37. The van der Waals surface area contributed by atoms with Crippen LogP contribution in [0.3, 0.4) is 0 Å². The highest BCUT2D eigenvalue weighted by atomic mass is 35.5. The zero-order valence-corrected chi connectivity index (χ0v) is 10.8. The molecule has 2 unspecified atom stereocenters. The highest BCUT2D eigenvalue weighted by Gasteiger charge is 2.24. The van der Waals surface area contributed by atoms with Gasteiger partial charge in [-0.25, -0.2) is 0 Å². The maximum absolute atomic E-state index is 9.60. The number of nitrogens with zero attached hydrogens (tertiary/aromatic N) is 1. The van der Waals surface area contributed by atoms with Gasteiger partial charge in [0.25, 0.3) is 0 Å². The van der Waals surface area contributed by atoms with Crippen molar-refractivity contribution in [1.29, 1.82) is 0 Å². The first-order valence-electron chi connectivity index (χ1n) is 6.04. The van der Waals surface area contributed by atoms with Crippen LogP contribution in [-0.4, -0.2) is 42.3 Å². The first-order chi connectivity index (χ1) is 8.20. The first-order valence-corrected chi connectivity index (χ1v) is 6.42. The van der Waals surface area contributed by atoms with Crippen molar-refractivity contribution in [2.75, 3.05) is 26.2 Å². The molecule has 2 atom stereocenters. The Morgan fingerprint density at radius 3 is 3.06 bits per heavy atom. The smallest absolute Gasteiger partial charge is 0.0628 e. The summed E-state index contributed by atoms with van der Waals surface area (Å²) in [4.78, 5) is 2.31. The number of rotatable bonds is 3. The van der Waals surface area contributed by atoms with Crippen molar-refractivity contribution >= 4 is 11.6 Å². The van der Waals surface area contributed by atoms with Crippen LogP contribution >= 0.6 is 11.6 Å². The van der Waals surface area contributed by atoms with Gasteiger partial charge in [-0.3, -0.25) is 4.90 Å². The van der Waals surface area contributed by atoms with E-state index in [0.717, 1.165) is 30.2 Å². The van der Waals surface area contributed by atoms with E-state index >= 15 is 0 Å². The number of hydrogen-bond donors (Lipinski definition) is 2. The van der Waals surface area contributed by atoms with E-state index in [1.807, 2.05) is 24.3 Å². The minimum atomic E-state index is 0.0539. The summed E-state index contributed by atoms with van der Waals surface area (Å²) in [6, 6.07) is 8.29. The molecule has 2 N–H and O–H groups in total. The van der Waals surface area contributed by atoms with Crippen LogP contribution in [-0.2, 0) is 0 Å². The summed E-state index contributed by atoms with van der Waals surface area (Å²) in [6.45, 7) is 5.18. The number of aliphatic hydroxyl groups is 1. The minimum Gasteiger partial charge on any atom is -0.394 e. The molecule has 0 bridgehead atoms. The Balaban J connectivity index is 2.15. The lowest BCUT2D eigenvalue weighted by molar-refractivity contribution is 0.0963. The largest absolute Gasteiger partial charge is 0.394 e. The normalized spacial score (nSPS) is 23.6. The van der Waals surface area contributed by atoms with Crippen LogP contribution in [0.15, 0.2) is 24.3 Å². The molecule has 0 amide bonds.